The summed E-state index contributed by atoms with van der Waals surface area (Å²) in [6.07, 6.45) is 0. The second kappa shape index (κ2) is 10.2. The van der Waals surface area contributed by atoms with Crippen LogP contribution in [0.15, 0.2) is 53.4 Å². The van der Waals surface area contributed by atoms with E-state index in [9.17, 15) is 18.0 Å². The van der Waals surface area contributed by atoms with Gasteiger partial charge in [-0.15, -0.1) is 0 Å². The summed E-state index contributed by atoms with van der Waals surface area (Å²) in [4.78, 5) is 25.6. The van der Waals surface area contributed by atoms with Gasteiger partial charge < -0.3 is 18.8 Å². The van der Waals surface area contributed by atoms with Crippen LogP contribution in [0, 0.1) is 13.8 Å². The summed E-state index contributed by atoms with van der Waals surface area (Å²) < 4.78 is 44.8. The van der Waals surface area contributed by atoms with Crippen LogP contribution in [0.25, 0.3) is 5.69 Å². The van der Waals surface area contributed by atoms with E-state index in [0.29, 0.717) is 35.8 Å². The van der Waals surface area contributed by atoms with E-state index in [1.807, 2.05) is 36.6 Å². The predicted molar refractivity (Wildman–Crippen MR) is 133 cm³/mol. The van der Waals surface area contributed by atoms with Crippen molar-refractivity contribution < 1.29 is 32.2 Å². The minimum Gasteiger partial charge on any atom is -0.454 e. The largest absolute Gasteiger partial charge is 0.454 e. The van der Waals surface area contributed by atoms with Crippen LogP contribution in [0.3, 0.4) is 0 Å². The van der Waals surface area contributed by atoms with Gasteiger partial charge in [0, 0.05) is 41.8 Å². The molecule has 36 heavy (non-hydrogen) atoms. The fourth-order valence-corrected chi connectivity index (χ4v) is 5.76. The van der Waals surface area contributed by atoms with Crippen molar-refractivity contribution in [2.75, 3.05) is 26.5 Å². The Morgan fingerprint density at radius 2 is 1.72 bits per heavy atom. The standard InChI is InChI=1S/C26H28N2O7S/c1-5-27(6-2)36(31,32)21-9-7-8-19(13-21)26(30)33-15-23(29)22-12-17(3)28(18(22)4)20-10-11-24-25(14-20)35-16-34-24/h7-14H,5-6,15-16H2,1-4H3. The minimum atomic E-state index is -3.73. The van der Waals surface area contributed by atoms with E-state index in [4.69, 9.17) is 14.2 Å². The second-order valence-electron chi connectivity index (χ2n) is 8.27. The highest BCUT2D eigenvalue weighted by Crippen LogP contribution is 2.35. The van der Waals surface area contributed by atoms with Crippen LogP contribution in [-0.2, 0) is 14.8 Å². The number of sulfonamides is 1. The number of nitrogens with zero attached hydrogens (tertiary/aromatic N) is 2. The summed E-state index contributed by atoms with van der Waals surface area (Å²) in [5, 5.41) is 0. The topological polar surface area (TPSA) is 104 Å². The van der Waals surface area contributed by atoms with Gasteiger partial charge in [0.1, 0.15) is 0 Å². The highest BCUT2D eigenvalue weighted by atomic mass is 32.2. The van der Waals surface area contributed by atoms with Crippen molar-refractivity contribution in [3.8, 4) is 17.2 Å². The Morgan fingerprint density at radius 3 is 2.44 bits per heavy atom. The third-order valence-corrected chi connectivity index (χ3v) is 8.14. The molecule has 0 unspecified atom stereocenters. The molecule has 190 valence electrons. The van der Waals surface area contributed by atoms with Crippen LogP contribution >= 0.6 is 0 Å². The zero-order valence-electron chi connectivity index (χ0n) is 20.6. The fourth-order valence-electron chi connectivity index (χ4n) is 4.26. The van der Waals surface area contributed by atoms with Gasteiger partial charge in [-0.05, 0) is 50.2 Å². The monoisotopic (exact) mass is 512 g/mol. The molecule has 0 saturated heterocycles. The molecular formula is C26H28N2O7S. The molecule has 0 spiro atoms. The number of hydrogen-bond acceptors (Lipinski definition) is 7. The number of benzene rings is 2. The number of rotatable bonds is 9. The molecule has 0 radical (unpaired) electrons. The smallest absolute Gasteiger partial charge is 0.338 e. The number of hydrogen-bond donors (Lipinski definition) is 0. The molecule has 0 fully saturated rings. The first-order chi connectivity index (χ1) is 17.2. The third-order valence-electron chi connectivity index (χ3n) is 6.09. The highest BCUT2D eigenvalue weighted by Gasteiger charge is 2.24. The number of aromatic nitrogens is 1. The zero-order valence-corrected chi connectivity index (χ0v) is 21.4. The van der Waals surface area contributed by atoms with Gasteiger partial charge in [0.05, 0.1) is 10.5 Å². The van der Waals surface area contributed by atoms with Crippen molar-refractivity contribution in [1.29, 1.82) is 0 Å². The van der Waals surface area contributed by atoms with Gasteiger partial charge in [0.2, 0.25) is 22.6 Å². The highest BCUT2D eigenvalue weighted by molar-refractivity contribution is 7.89. The molecule has 0 atom stereocenters. The van der Waals surface area contributed by atoms with Crippen LogP contribution in [0.2, 0.25) is 0 Å². The maximum absolute atomic E-state index is 12.9. The van der Waals surface area contributed by atoms with Gasteiger partial charge in [0.15, 0.2) is 18.1 Å². The summed E-state index contributed by atoms with van der Waals surface area (Å²) >= 11 is 0. The molecule has 2 aromatic carbocycles. The minimum absolute atomic E-state index is 0.000696. The van der Waals surface area contributed by atoms with E-state index >= 15 is 0 Å². The van der Waals surface area contributed by atoms with Crippen LogP contribution in [0.5, 0.6) is 11.5 Å². The lowest BCUT2D eigenvalue weighted by Gasteiger charge is -2.18. The van der Waals surface area contributed by atoms with Crippen LogP contribution in [0.4, 0.5) is 0 Å². The molecule has 0 saturated carbocycles. The van der Waals surface area contributed by atoms with Gasteiger partial charge in [-0.25, -0.2) is 13.2 Å². The van der Waals surface area contributed by atoms with Gasteiger partial charge in [-0.2, -0.15) is 4.31 Å². The lowest BCUT2D eigenvalue weighted by atomic mass is 10.1. The maximum atomic E-state index is 12.9. The van der Waals surface area contributed by atoms with E-state index in [1.165, 1.54) is 28.6 Å². The quantitative estimate of drug-likeness (QED) is 0.316. The average molecular weight is 513 g/mol. The molecule has 0 bridgehead atoms. The van der Waals surface area contributed by atoms with Gasteiger partial charge in [-0.3, -0.25) is 4.79 Å². The number of Topliss-reactive ketones (excluding diaryl/α,β-unsaturated/α-hetero) is 1. The van der Waals surface area contributed by atoms with Crippen molar-refractivity contribution in [1.82, 2.24) is 8.87 Å². The molecule has 1 aromatic heterocycles. The Labute approximate surface area is 210 Å². The van der Waals surface area contributed by atoms with Gasteiger partial charge in [0.25, 0.3) is 0 Å². The molecule has 3 aromatic rings. The van der Waals surface area contributed by atoms with E-state index in [2.05, 4.69) is 0 Å². The second-order valence-corrected chi connectivity index (χ2v) is 10.2. The number of carbonyl (C=O) groups excluding carboxylic acids is 2. The summed E-state index contributed by atoms with van der Waals surface area (Å²) in [5.74, 6) is 0.158. The molecule has 4 rings (SSSR count). The molecule has 1 aliphatic rings. The summed E-state index contributed by atoms with van der Waals surface area (Å²) in [6, 6.07) is 12.9. The Morgan fingerprint density at radius 1 is 1.00 bits per heavy atom. The van der Waals surface area contributed by atoms with Crippen LogP contribution in [0.1, 0.15) is 46.0 Å². The van der Waals surface area contributed by atoms with Crippen LogP contribution in [-0.4, -0.2) is 55.5 Å². The van der Waals surface area contributed by atoms with Crippen molar-refractivity contribution in [2.45, 2.75) is 32.6 Å². The zero-order chi connectivity index (χ0) is 26.0. The molecular weight excluding hydrogens is 484 g/mol. The Balaban J connectivity index is 1.49. The Bertz CT molecular complexity index is 1420. The van der Waals surface area contributed by atoms with E-state index in [1.54, 1.807) is 19.9 Å². The molecule has 2 heterocycles. The molecule has 10 heteroatoms. The van der Waals surface area contributed by atoms with E-state index in [-0.39, 0.29) is 23.0 Å². The molecule has 0 N–H and O–H groups in total. The fraction of sp³-hybridized carbons (Fsp3) is 0.308. The first-order valence-corrected chi connectivity index (χ1v) is 13.0. The normalized spacial score (nSPS) is 12.7. The number of aryl methyl sites for hydroxylation is 1. The van der Waals surface area contributed by atoms with E-state index < -0.39 is 22.6 Å². The average Bonchev–Trinajstić information content (AvgIpc) is 3.46. The maximum Gasteiger partial charge on any atom is 0.338 e. The summed E-state index contributed by atoms with van der Waals surface area (Å²) in [6.45, 7) is 7.50. The van der Waals surface area contributed by atoms with Crippen LogP contribution < -0.4 is 9.47 Å². The van der Waals surface area contributed by atoms with Crippen molar-refractivity contribution in [3.05, 3.63) is 71.0 Å². The first kappa shape index (κ1) is 25.5. The van der Waals surface area contributed by atoms with Gasteiger partial charge >= 0.3 is 5.97 Å². The third kappa shape index (κ3) is 4.74. The summed E-state index contributed by atoms with van der Waals surface area (Å²) in [5.41, 5.74) is 2.82. The predicted octanol–water partition coefficient (Wildman–Crippen LogP) is 3.89. The molecule has 9 nitrogen and oxygen atoms in total. The Kier molecular flexibility index (Phi) is 7.18. The van der Waals surface area contributed by atoms with Crippen molar-refractivity contribution >= 4 is 21.8 Å². The summed E-state index contributed by atoms with van der Waals surface area (Å²) in [7, 11) is -3.73. The Hall–Kier alpha value is -3.63. The lowest BCUT2D eigenvalue weighted by molar-refractivity contribution is 0.0474. The first-order valence-electron chi connectivity index (χ1n) is 11.6. The number of ketones is 1. The lowest BCUT2D eigenvalue weighted by Crippen LogP contribution is -2.30. The number of carbonyl (C=O) groups is 2. The molecule has 1 aliphatic heterocycles. The molecule has 0 amide bonds. The number of esters is 1. The van der Waals surface area contributed by atoms with Crippen molar-refractivity contribution in [3.63, 3.8) is 0 Å². The SMILES string of the molecule is CCN(CC)S(=O)(=O)c1cccc(C(=O)OCC(=O)c2cc(C)n(-c3ccc4c(c3)OCO4)c2C)c1. The number of fused-ring (bicyclic) bond motifs is 1. The number of ether oxygens (including phenoxy) is 3. The van der Waals surface area contributed by atoms with E-state index in [0.717, 1.165) is 11.4 Å². The van der Waals surface area contributed by atoms with Crippen molar-refractivity contribution in [2.24, 2.45) is 0 Å². The van der Waals surface area contributed by atoms with Gasteiger partial charge in [-0.1, -0.05) is 19.9 Å². The molecule has 0 aliphatic carbocycles.